The van der Waals surface area contributed by atoms with Gasteiger partial charge in [-0.15, -0.1) is 23.7 Å². The standard InChI is InChI=1S/C20H25N3OS.ClH/c1-15-22-17(14-25-15)19(16-6-3-2-4-7-16)10-12-23(13-11-19)18(24)20(21)8-5-9-20;/h2-4,6-7,14H,5,8-13,21H2,1H3;1H. The summed E-state index contributed by atoms with van der Waals surface area (Å²) in [6, 6.07) is 10.6. The van der Waals surface area contributed by atoms with Gasteiger partial charge in [0, 0.05) is 23.9 Å². The molecule has 0 radical (unpaired) electrons. The van der Waals surface area contributed by atoms with Crippen LogP contribution < -0.4 is 5.73 Å². The molecule has 0 unspecified atom stereocenters. The molecule has 2 N–H and O–H groups in total. The van der Waals surface area contributed by atoms with Gasteiger partial charge >= 0.3 is 0 Å². The number of hydrogen-bond donors (Lipinski definition) is 1. The summed E-state index contributed by atoms with van der Waals surface area (Å²) in [7, 11) is 0. The molecule has 2 fully saturated rings. The third-order valence-electron chi connectivity index (χ3n) is 6.01. The SMILES string of the molecule is Cc1nc(C2(c3ccccc3)CCN(C(=O)C3(N)CCC3)CC2)cs1.Cl. The molecular weight excluding hydrogens is 366 g/mol. The summed E-state index contributed by atoms with van der Waals surface area (Å²) in [5.41, 5.74) is 8.04. The predicted octanol–water partition coefficient (Wildman–Crippen LogP) is 3.66. The minimum absolute atomic E-state index is 0. The smallest absolute Gasteiger partial charge is 0.242 e. The molecule has 0 spiro atoms. The van der Waals surface area contributed by atoms with Gasteiger partial charge in [0.05, 0.1) is 16.2 Å². The summed E-state index contributed by atoms with van der Waals surface area (Å²) in [5.74, 6) is 0.148. The number of nitrogens with zero attached hydrogens (tertiary/aromatic N) is 2. The molecule has 2 aromatic rings. The van der Waals surface area contributed by atoms with Crippen molar-refractivity contribution in [3.05, 3.63) is 52.0 Å². The third-order valence-corrected chi connectivity index (χ3v) is 6.79. The number of benzene rings is 1. The third kappa shape index (κ3) is 3.17. The van der Waals surface area contributed by atoms with Crippen LogP contribution >= 0.6 is 23.7 Å². The quantitative estimate of drug-likeness (QED) is 0.868. The van der Waals surface area contributed by atoms with E-state index in [0.29, 0.717) is 0 Å². The second-order valence-corrected chi connectivity index (χ2v) is 8.56. The van der Waals surface area contributed by atoms with Crippen molar-refractivity contribution in [1.82, 2.24) is 9.88 Å². The molecule has 1 aliphatic heterocycles. The first-order valence-corrected chi connectivity index (χ1v) is 9.98. The van der Waals surface area contributed by atoms with E-state index in [9.17, 15) is 4.79 Å². The van der Waals surface area contributed by atoms with Crippen LogP contribution in [0.4, 0.5) is 0 Å². The molecule has 4 nitrogen and oxygen atoms in total. The first-order chi connectivity index (χ1) is 12.0. The summed E-state index contributed by atoms with van der Waals surface area (Å²) in [5, 5.41) is 3.29. The summed E-state index contributed by atoms with van der Waals surface area (Å²) >= 11 is 1.70. The molecule has 0 atom stereocenters. The Morgan fingerprint density at radius 1 is 1.15 bits per heavy atom. The molecule has 1 aromatic carbocycles. The summed E-state index contributed by atoms with van der Waals surface area (Å²) in [6.45, 7) is 3.56. The number of likely N-dealkylation sites (tertiary alicyclic amines) is 1. The van der Waals surface area contributed by atoms with Crippen molar-refractivity contribution in [1.29, 1.82) is 0 Å². The van der Waals surface area contributed by atoms with Crippen LogP contribution in [0.15, 0.2) is 35.7 Å². The van der Waals surface area contributed by atoms with Crippen molar-refractivity contribution in [2.45, 2.75) is 50.0 Å². The number of hydrogen-bond acceptors (Lipinski definition) is 4. The van der Waals surface area contributed by atoms with Gasteiger partial charge in [-0.3, -0.25) is 4.79 Å². The van der Waals surface area contributed by atoms with Gasteiger partial charge in [0.15, 0.2) is 0 Å². The molecular formula is C20H26ClN3OS. The lowest BCUT2D eigenvalue weighted by Crippen LogP contribution is -2.61. The van der Waals surface area contributed by atoms with Crippen LogP contribution in [0.1, 0.15) is 48.4 Å². The fourth-order valence-corrected chi connectivity index (χ4v) is 4.92. The van der Waals surface area contributed by atoms with Gasteiger partial charge in [-0.25, -0.2) is 4.98 Å². The van der Waals surface area contributed by atoms with Crippen LogP contribution in [0.5, 0.6) is 0 Å². The van der Waals surface area contributed by atoms with Gasteiger partial charge in [0.1, 0.15) is 0 Å². The Balaban J connectivity index is 0.00000196. The number of amides is 1. The van der Waals surface area contributed by atoms with E-state index in [1.54, 1.807) is 11.3 Å². The van der Waals surface area contributed by atoms with E-state index in [2.05, 4.69) is 42.6 Å². The molecule has 1 amide bonds. The summed E-state index contributed by atoms with van der Waals surface area (Å²) in [4.78, 5) is 19.6. The van der Waals surface area contributed by atoms with Crippen molar-refractivity contribution in [3.8, 4) is 0 Å². The Labute approximate surface area is 165 Å². The molecule has 4 rings (SSSR count). The monoisotopic (exact) mass is 391 g/mol. The average Bonchev–Trinajstić information content (AvgIpc) is 3.07. The maximum absolute atomic E-state index is 12.8. The van der Waals surface area contributed by atoms with Gasteiger partial charge in [-0.2, -0.15) is 0 Å². The van der Waals surface area contributed by atoms with Crippen LogP contribution in [-0.4, -0.2) is 34.4 Å². The predicted molar refractivity (Wildman–Crippen MR) is 108 cm³/mol. The first-order valence-electron chi connectivity index (χ1n) is 9.10. The highest BCUT2D eigenvalue weighted by Gasteiger charge is 2.46. The van der Waals surface area contributed by atoms with E-state index in [4.69, 9.17) is 10.7 Å². The molecule has 0 bridgehead atoms. The van der Waals surface area contributed by atoms with Gasteiger partial charge in [0.2, 0.25) is 5.91 Å². The summed E-state index contributed by atoms with van der Waals surface area (Å²) < 4.78 is 0. The number of piperidine rings is 1. The Kier molecular flexibility index (Phi) is 5.42. The fourth-order valence-electron chi connectivity index (χ4n) is 4.21. The number of aromatic nitrogens is 1. The van der Waals surface area contributed by atoms with Gasteiger partial charge in [-0.05, 0) is 44.6 Å². The van der Waals surface area contributed by atoms with Crippen LogP contribution in [-0.2, 0) is 10.2 Å². The number of carbonyl (C=O) groups excluding carboxylic acids is 1. The van der Waals surface area contributed by atoms with Crippen molar-refractivity contribution in [2.75, 3.05) is 13.1 Å². The lowest BCUT2D eigenvalue weighted by atomic mass is 9.70. The highest BCUT2D eigenvalue weighted by atomic mass is 35.5. The van der Waals surface area contributed by atoms with E-state index >= 15 is 0 Å². The Bertz CT molecular complexity index is 764. The number of thiazole rings is 1. The second kappa shape index (κ2) is 7.29. The molecule has 1 aromatic heterocycles. The summed E-state index contributed by atoms with van der Waals surface area (Å²) in [6.07, 6.45) is 4.54. The molecule has 26 heavy (non-hydrogen) atoms. The zero-order chi connectivity index (χ0) is 17.5. The molecule has 1 aliphatic carbocycles. The average molecular weight is 392 g/mol. The number of nitrogens with two attached hydrogens (primary N) is 1. The fraction of sp³-hybridized carbons (Fsp3) is 0.500. The second-order valence-electron chi connectivity index (χ2n) is 7.50. The van der Waals surface area contributed by atoms with E-state index in [1.807, 2.05) is 4.90 Å². The Morgan fingerprint density at radius 2 is 1.81 bits per heavy atom. The molecule has 1 saturated heterocycles. The normalized spacial score (nSPS) is 20.8. The van der Waals surface area contributed by atoms with E-state index in [0.717, 1.165) is 55.9 Å². The maximum atomic E-state index is 12.8. The largest absolute Gasteiger partial charge is 0.341 e. The van der Waals surface area contributed by atoms with Crippen molar-refractivity contribution < 1.29 is 4.79 Å². The van der Waals surface area contributed by atoms with E-state index in [1.165, 1.54) is 5.56 Å². The van der Waals surface area contributed by atoms with E-state index < -0.39 is 5.54 Å². The molecule has 6 heteroatoms. The number of rotatable bonds is 3. The minimum atomic E-state index is -0.593. The van der Waals surface area contributed by atoms with Crippen LogP contribution in [0, 0.1) is 6.92 Å². The number of aryl methyl sites for hydroxylation is 1. The molecule has 1 saturated carbocycles. The van der Waals surface area contributed by atoms with Gasteiger partial charge < -0.3 is 10.6 Å². The maximum Gasteiger partial charge on any atom is 0.242 e. The van der Waals surface area contributed by atoms with Crippen LogP contribution in [0.2, 0.25) is 0 Å². The minimum Gasteiger partial charge on any atom is -0.341 e. The topological polar surface area (TPSA) is 59.2 Å². The molecule has 2 heterocycles. The van der Waals surface area contributed by atoms with Crippen LogP contribution in [0.25, 0.3) is 0 Å². The van der Waals surface area contributed by atoms with Crippen molar-refractivity contribution >= 4 is 29.7 Å². The Hall–Kier alpha value is -1.43. The van der Waals surface area contributed by atoms with Gasteiger partial charge in [-0.1, -0.05) is 30.3 Å². The highest BCUT2D eigenvalue weighted by Crippen LogP contribution is 2.43. The van der Waals surface area contributed by atoms with Crippen molar-refractivity contribution in [2.24, 2.45) is 5.73 Å². The molecule has 140 valence electrons. The number of halogens is 1. The van der Waals surface area contributed by atoms with Crippen LogP contribution in [0.3, 0.4) is 0 Å². The lowest BCUT2D eigenvalue weighted by Gasteiger charge is -2.46. The van der Waals surface area contributed by atoms with E-state index in [-0.39, 0.29) is 23.7 Å². The highest BCUT2D eigenvalue weighted by molar-refractivity contribution is 7.09. The number of carbonyl (C=O) groups is 1. The Morgan fingerprint density at radius 3 is 2.31 bits per heavy atom. The zero-order valence-electron chi connectivity index (χ0n) is 15.1. The lowest BCUT2D eigenvalue weighted by molar-refractivity contribution is -0.141. The van der Waals surface area contributed by atoms with Gasteiger partial charge in [0.25, 0.3) is 0 Å². The van der Waals surface area contributed by atoms with Crippen molar-refractivity contribution in [3.63, 3.8) is 0 Å². The first kappa shape index (κ1) is 19.3. The molecule has 2 aliphatic rings. The zero-order valence-corrected chi connectivity index (χ0v) is 16.7.